The van der Waals surface area contributed by atoms with Crippen LogP contribution in [0.5, 0.6) is 5.75 Å². The van der Waals surface area contributed by atoms with Crippen LogP contribution in [0.1, 0.15) is 72.9 Å². The van der Waals surface area contributed by atoms with Crippen LogP contribution in [-0.4, -0.2) is 68.8 Å². The predicted octanol–water partition coefficient (Wildman–Crippen LogP) is 5.43. The van der Waals surface area contributed by atoms with Gasteiger partial charge >= 0.3 is 6.18 Å². The van der Waals surface area contributed by atoms with Crippen LogP contribution in [0, 0.1) is 0 Å². The van der Waals surface area contributed by atoms with Crippen molar-refractivity contribution in [3.8, 4) is 5.75 Å². The van der Waals surface area contributed by atoms with E-state index in [9.17, 15) is 27.6 Å². The average Bonchev–Trinajstić information content (AvgIpc) is 3.48. The first kappa shape index (κ1) is 33.9. The van der Waals surface area contributed by atoms with E-state index < -0.39 is 23.8 Å². The molecule has 2 aliphatic heterocycles. The lowest BCUT2D eigenvalue weighted by Gasteiger charge is -2.31. The van der Waals surface area contributed by atoms with Gasteiger partial charge in [0.25, 0.3) is 5.91 Å². The number of benzene rings is 1. The van der Waals surface area contributed by atoms with E-state index in [1.54, 1.807) is 16.7 Å². The van der Waals surface area contributed by atoms with Crippen molar-refractivity contribution < 1.29 is 32.3 Å². The fourth-order valence-corrected chi connectivity index (χ4v) is 6.12. The third kappa shape index (κ3) is 8.37. The summed E-state index contributed by atoms with van der Waals surface area (Å²) < 4.78 is 47.3. The first-order chi connectivity index (χ1) is 23.4. The Bertz CT molecular complexity index is 1830. The number of anilines is 2. The smallest absolute Gasteiger partial charge is 0.433 e. The molecule has 5 heterocycles. The van der Waals surface area contributed by atoms with Crippen LogP contribution >= 0.6 is 0 Å². The molecule has 0 spiro atoms. The monoisotopic (exact) mass is 677 g/mol. The van der Waals surface area contributed by atoms with Crippen molar-refractivity contribution in [1.82, 2.24) is 24.6 Å². The van der Waals surface area contributed by atoms with E-state index in [-0.39, 0.29) is 29.5 Å². The lowest BCUT2D eigenvalue weighted by Crippen LogP contribution is -2.47. The van der Waals surface area contributed by atoms with Crippen LogP contribution in [0.2, 0.25) is 0 Å². The molecular weight excluding hydrogens is 639 g/mol. The molecule has 11 nitrogen and oxygen atoms in total. The number of pyridine rings is 2. The quantitative estimate of drug-likeness (QED) is 0.190. The molecule has 49 heavy (non-hydrogen) atoms. The molecule has 4 aromatic rings. The van der Waals surface area contributed by atoms with E-state index in [0.717, 1.165) is 62.4 Å². The van der Waals surface area contributed by atoms with E-state index >= 15 is 0 Å². The molecule has 258 valence electrons. The van der Waals surface area contributed by atoms with Crippen LogP contribution < -0.4 is 20.7 Å². The fourth-order valence-electron chi connectivity index (χ4n) is 6.12. The zero-order chi connectivity index (χ0) is 34.7. The molecule has 6 rings (SSSR count). The molecule has 3 amide bonds. The molecular formula is C35H38F3N7O4. The summed E-state index contributed by atoms with van der Waals surface area (Å²) in [4.78, 5) is 47.2. The summed E-state index contributed by atoms with van der Waals surface area (Å²) in [7, 11) is 0. The molecule has 1 aromatic carbocycles. The molecule has 2 saturated heterocycles. The van der Waals surface area contributed by atoms with Crippen molar-refractivity contribution in [1.29, 1.82) is 0 Å². The maximum absolute atomic E-state index is 13.2. The molecule has 1 atom stereocenters. The van der Waals surface area contributed by atoms with Gasteiger partial charge in [-0.15, -0.1) is 0 Å². The number of hydrogen-bond donors (Lipinski definition) is 3. The van der Waals surface area contributed by atoms with Crippen LogP contribution in [0.15, 0.2) is 60.9 Å². The van der Waals surface area contributed by atoms with Gasteiger partial charge < -0.3 is 24.7 Å². The Labute approximate surface area is 281 Å². The van der Waals surface area contributed by atoms with Crippen LogP contribution in [0.25, 0.3) is 5.65 Å². The van der Waals surface area contributed by atoms with Crippen LogP contribution in [0.4, 0.5) is 24.5 Å². The van der Waals surface area contributed by atoms with E-state index in [2.05, 4.69) is 38.0 Å². The number of halogens is 3. The van der Waals surface area contributed by atoms with E-state index in [1.807, 2.05) is 32.2 Å². The highest BCUT2D eigenvalue weighted by molar-refractivity contribution is 6.04. The molecule has 2 fully saturated rings. The second kappa shape index (κ2) is 14.2. The number of nitrogens with one attached hydrogen (secondary N) is 3. The standard InChI is InChI=1S/C35H38F3N7O4/c1-21(2)49-29-18-31-41-27(19-45(31)20-28(29)42-33(47)25-4-3-5-30(40-25)35(36,37)38)23-13-16-44(17-14-23)15-12-22-6-8-24(9-7-22)39-26-10-11-32(46)43-34(26)48/h3-9,18-21,23,26,39H,10-17H2,1-2H3,(H,42,47)(H,43,46,48). The Hall–Kier alpha value is -4.98. The summed E-state index contributed by atoms with van der Waals surface area (Å²) in [6.45, 7) is 6.43. The zero-order valence-corrected chi connectivity index (χ0v) is 27.2. The highest BCUT2D eigenvalue weighted by Gasteiger charge is 2.33. The first-order valence-corrected chi connectivity index (χ1v) is 16.4. The van der Waals surface area contributed by atoms with Crippen molar-refractivity contribution in [2.24, 2.45) is 0 Å². The molecule has 0 bridgehead atoms. The molecule has 14 heteroatoms. The molecule has 0 saturated carbocycles. The summed E-state index contributed by atoms with van der Waals surface area (Å²) in [5.74, 6) is -0.708. The van der Waals surface area contributed by atoms with E-state index in [1.165, 1.54) is 11.6 Å². The number of amides is 3. The minimum atomic E-state index is -4.67. The first-order valence-electron chi connectivity index (χ1n) is 16.4. The Kier molecular flexibility index (Phi) is 9.86. The van der Waals surface area contributed by atoms with Gasteiger partial charge in [0.15, 0.2) is 0 Å². The number of nitrogens with zero attached hydrogens (tertiary/aromatic N) is 4. The van der Waals surface area contributed by atoms with Gasteiger partial charge in [-0.2, -0.15) is 13.2 Å². The summed E-state index contributed by atoms with van der Waals surface area (Å²) >= 11 is 0. The Morgan fingerprint density at radius 2 is 1.80 bits per heavy atom. The van der Waals surface area contributed by atoms with E-state index in [0.29, 0.717) is 29.9 Å². The van der Waals surface area contributed by atoms with Gasteiger partial charge in [0.05, 0.1) is 11.8 Å². The Balaban J connectivity index is 1.05. The van der Waals surface area contributed by atoms with Gasteiger partial charge in [-0.1, -0.05) is 18.2 Å². The van der Waals surface area contributed by atoms with Crippen molar-refractivity contribution >= 4 is 34.7 Å². The summed E-state index contributed by atoms with van der Waals surface area (Å²) in [6, 6.07) is 12.5. The molecule has 0 radical (unpaired) electrons. The lowest BCUT2D eigenvalue weighted by molar-refractivity contribution is -0.141. The number of aromatic nitrogens is 3. The highest BCUT2D eigenvalue weighted by atomic mass is 19.4. The van der Waals surface area contributed by atoms with Gasteiger partial charge in [-0.25, -0.2) is 9.97 Å². The zero-order valence-electron chi connectivity index (χ0n) is 27.2. The second-order valence-electron chi connectivity index (χ2n) is 12.7. The van der Waals surface area contributed by atoms with Crippen molar-refractivity contribution in [3.05, 3.63) is 83.6 Å². The van der Waals surface area contributed by atoms with Crippen molar-refractivity contribution in [3.63, 3.8) is 0 Å². The SMILES string of the molecule is CC(C)Oc1cc2nc(C3CCN(CCc4ccc(NC5CCC(=O)NC5=O)cc4)CC3)cn2cc1NC(=O)c1cccc(C(F)(F)F)n1. The van der Waals surface area contributed by atoms with E-state index in [4.69, 9.17) is 9.72 Å². The second-order valence-corrected chi connectivity index (χ2v) is 12.7. The molecule has 0 aliphatic carbocycles. The minimum absolute atomic E-state index is 0.226. The minimum Gasteiger partial charge on any atom is -0.489 e. The van der Waals surface area contributed by atoms with Crippen LogP contribution in [0.3, 0.4) is 0 Å². The van der Waals surface area contributed by atoms with Crippen LogP contribution in [-0.2, 0) is 22.2 Å². The third-order valence-corrected chi connectivity index (χ3v) is 8.71. The van der Waals surface area contributed by atoms with Gasteiger partial charge in [-0.05, 0) is 82.4 Å². The third-order valence-electron chi connectivity index (χ3n) is 8.71. The number of likely N-dealkylation sites (tertiary alicyclic amines) is 1. The Morgan fingerprint density at radius 1 is 1.04 bits per heavy atom. The topological polar surface area (TPSA) is 130 Å². The summed E-state index contributed by atoms with van der Waals surface area (Å²) in [5, 5.41) is 8.24. The van der Waals surface area contributed by atoms with Gasteiger partial charge in [0.1, 0.15) is 34.5 Å². The molecule has 2 aliphatic rings. The molecule has 1 unspecified atom stereocenters. The van der Waals surface area contributed by atoms with Gasteiger partial charge in [0, 0.05) is 43.0 Å². The highest BCUT2D eigenvalue weighted by Crippen LogP contribution is 2.32. The molecule has 3 aromatic heterocycles. The number of hydrogen-bond acceptors (Lipinski definition) is 8. The predicted molar refractivity (Wildman–Crippen MR) is 177 cm³/mol. The maximum Gasteiger partial charge on any atom is 0.433 e. The van der Waals surface area contributed by atoms with Gasteiger partial charge in [0.2, 0.25) is 11.8 Å². The number of carbonyl (C=O) groups is 3. The van der Waals surface area contributed by atoms with Gasteiger partial charge in [-0.3, -0.25) is 19.7 Å². The Morgan fingerprint density at radius 3 is 2.49 bits per heavy atom. The number of imidazole rings is 1. The number of rotatable bonds is 10. The number of carbonyl (C=O) groups excluding carboxylic acids is 3. The maximum atomic E-state index is 13.2. The summed E-state index contributed by atoms with van der Waals surface area (Å²) in [6.07, 6.45) is 2.25. The number of alkyl halides is 3. The van der Waals surface area contributed by atoms with Crippen molar-refractivity contribution in [2.45, 2.75) is 70.2 Å². The number of ether oxygens (including phenoxy) is 1. The number of piperidine rings is 2. The number of imide groups is 1. The normalized spacial score (nSPS) is 17.7. The fraction of sp³-hybridized carbons (Fsp3) is 0.400. The summed E-state index contributed by atoms with van der Waals surface area (Å²) in [5.41, 5.74) is 2.40. The molecule has 3 N–H and O–H groups in total. The average molecular weight is 678 g/mol. The lowest BCUT2D eigenvalue weighted by atomic mass is 9.94. The van der Waals surface area contributed by atoms with Crippen molar-refractivity contribution in [2.75, 3.05) is 30.3 Å². The largest absolute Gasteiger partial charge is 0.489 e. The number of fused-ring (bicyclic) bond motifs is 1.